The second-order valence-corrected chi connectivity index (χ2v) is 6.90. The lowest BCUT2D eigenvalue weighted by atomic mass is 10.0. The van der Waals surface area contributed by atoms with E-state index in [2.05, 4.69) is 44.6 Å². The lowest BCUT2D eigenvalue weighted by molar-refractivity contribution is -0.115. The molecule has 0 fully saturated rings. The molecule has 0 saturated carbocycles. The van der Waals surface area contributed by atoms with Crippen LogP contribution in [-0.4, -0.2) is 20.9 Å². The number of carbonyl (C=O) groups excluding carboxylic acids is 1. The largest absolute Gasteiger partial charge is 0.363 e. The van der Waals surface area contributed by atoms with Crippen molar-refractivity contribution in [2.45, 2.75) is 26.3 Å². The molecule has 0 aliphatic heterocycles. The van der Waals surface area contributed by atoms with Crippen molar-refractivity contribution in [2.24, 2.45) is 0 Å². The van der Waals surface area contributed by atoms with Crippen molar-refractivity contribution in [1.29, 1.82) is 0 Å². The Morgan fingerprint density at radius 2 is 1.83 bits per heavy atom. The van der Waals surface area contributed by atoms with Crippen molar-refractivity contribution in [3.63, 3.8) is 0 Å². The number of benzene rings is 2. The van der Waals surface area contributed by atoms with Crippen molar-refractivity contribution in [3.05, 3.63) is 72.7 Å². The monoisotopic (exact) mass is 385 g/mol. The third-order valence-corrected chi connectivity index (χ3v) is 4.92. The molecule has 29 heavy (non-hydrogen) atoms. The zero-order chi connectivity index (χ0) is 20.2. The Morgan fingerprint density at radius 3 is 2.55 bits per heavy atom. The third-order valence-electron chi connectivity index (χ3n) is 4.92. The molecule has 0 aliphatic rings. The van der Waals surface area contributed by atoms with Crippen LogP contribution >= 0.6 is 0 Å². The Balaban J connectivity index is 1.67. The van der Waals surface area contributed by atoms with E-state index in [4.69, 9.17) is 0 Å². The minimum Gasteiger partial charge on any atom is -0.363 e. The van der Waals surface area contributed by atoms with Crippen LogP contribution in [0.25, 0.3) is 22.2 Å². The molecule has 2 heterocycles. The summed E-state index contributed by atoms with van der Waals surface area (Å²) in [4.78, 5) is 23.7. The number of hydrogen-bond donors (Lipinski definition) is 3. The molecule has 1 atom stereocenters. The summed E-state index contributed by atoms with van der Waals surface area (Å²) in [5.41, 5.74) is 4.79. The maximum absolute atomic E-state index is 11.6. The fourth-order valence-corrected chi connectivity index (χ4v) is 3.31. The molecule has 4 rings (SSSR count). The Kier molecular flexibility index (Phi) is 5.24. The number of H-pyrrole nitrogens is 1. The summed E-state index contributed by atoms with van der Waals surface area (Å²) in [6.45, 7) is 3.95. The number of nitrogens with one attached hydrogen (secondary N) is 3. The maximum atomic E-state index is 11.6. The molecular weight excluding hydrogens is 362 g/mol. The van der Waals surface area contributed by atoms with Gasteiger partial charge < -0.3 is 15.6 Å². The average molecular weight is 385 g/mol. The zero-order valence-corrected chi connectivity index (χ0v) is 16.4. The molecule has 1 amide bonds. The molecule has 0 radical (unpaired) electrons. The summed E-state index contributed by atoms with van der Waals surface area (Å²) in [5.74, 6) is 0.783. The zero-order valence-electron chi connectivity index (χ0n) is 16.4. The highest BCUT2D eigenvalue weighted by Crippen LogP contribution is 2.33. The average Bonchev–Trinajstić information content (AvgIpc) is 3.20. The molecule has 6 heteroatoms. The first-order valence-electron chi connectivity index (χ1n) is 9.69. The second-order valence-electron chi connectivity index (χ2n) is 6.90. The van der Waals surface area contributed by atoms with E-state index in [1.54, 1.807) is 6.33 Å². The number of aromatic nitrogens is 3. The van der Waals surface area contributed by atoms with Gasteiger partial charge in [0.1, 0.15) is 17.8 Å². The van der Waals surface area contributed by atoms with Crippen LogP contribution in [0, 0.1) is 0 Å². The smallest absolute Gasteiger partial charge is 0.224 e. The van der Waals surface area contributed by atoms with Crippen molar-refractivity contribution in [2.75, 3.05) is 10.6 Å². The molecule has 2 aromatic carbocycles. The van der Waals surface area contributed by atoms with Crippen LogP contribution in [0.4, 0.5) is 11.5 Å². The lowest BCUT2D eigenvalue weighted by Crippen LogP contribution is -2.09. The van der Waals surface area contributed by atoms with E-state index < -0.39 is 0 Å². The van der Waals surface area contributed by atoms with Crippen LogP contribution < -0.4 is 10.6 Å². The van der Waals surface area contributed by atoms with E-state index >= 15 is 0 Å². The van der Waals surface area contributed by atoms with Gasteiger partial charge >= 0.3 is 0 Å². The molecule has 146 valence electrons. The molecule has 2 aromatic heterocycles. The summed E-state index contributed by atoms with van der Waals surface area (Å²) in [5, 5.41) is 7.33. The van der Waals surface area contributed by atoms with Crippen LogP contribution in [0.2, 0.25) is 0 Å². The SMILES string of the molecule is CCC(=O)Nc1ccc(-c2c[nH]c3ncnc(N[C@H](C)c4ccccc4)c23)cc1. The minimum absolute atomic E-state index is 0.000343. The fraction of sp³-hybridized carbons (Fsp3) is 0.174. The molecule has 3 N–H and O–H groups in total. The van der Waals surface area contributed by atoms with Crippen LogP contribution in [0.3, 0.4) is 0 Å². The van der Waals surface area contributed by atoms with Gasteiger partial charge in [-0.3, -0.25) is 4.79 Å². The van der Waals surface area contributed by atoms with E-state index in [9.17, 15) is 4.79 Å². The summed E-state index contributed by atoms with van der Waals surface area (Å²) in [6, 6.07) is 18.2. The number of amides is 1. The molecule has 0 saturated heterocycles. The lowest BCUT2D eigenvalue weighted by Gasteiger charge is -2.16. The van der Waals surface area contributed by atoms with Crippen LogP contribution in [0.15, 0.2) is 67.1 Å². The number of anilines is 2. The normalized spacial score (nSPS) is 11.9. The first kappa shape index (κ1) is 18.7. The molecule has 4 aromatic rings. The Labute approximate surface area is 169 Å². The standard InChI is InChI=1S/C23H23N5O/c1-3-20(29)28-18-11-9-17(10-12-18)19-13-24-22-21(19)23(26-14-25-22)27-15(2)16-7-5-4-6-8-16/h4-15H,3H2,1-2H3,(H,28,29)(H2,24,25,26,27)/t15-/m1/s1. The topological polar surface area (TPSA) is 82.7 Å². The molecule has 0 unspecified atom stereocenters. The van der Waals surface area contributed by atoms with Gasteiger partial charge in [-0.25, -0.2) is 9.97 Å². The Hall–Kier alpha value is -3.67. The second kappa shape index (κ2) is 8.14. The predicted molar refractivity (Wildman–Crippen MR) is 117 cm³/mol. The van der Waals surface area contributed by atoms with Gasteiger partial charge in [0.2, 0.25) is 5.91 Å². The molecule has 0 spiro atoms. The highest BCUT2D eigenvalue weighted by atomic mass is 16.1. The van der Waals surface area contributed by atoms with E-state index in [-0.39, 0.29) is 11.9 Å². The van der Waals surface area contributed by atoms with E-state index in [0.717, 1.165) is 33.7 Å². The first-order chi connectivity index (χ1) is 14.2. The van der Waals surface area contributed by atoms with Crippen molar-refractivity contribution >= 4 is 28.4 Å². The van der Waals surface area contributed by atoms with E-state index in [1.807, 2.05) is 55.6 Å². The number of aromatic amines is 1. The van der Waals surface area contributed by atoms with Crippen molar-refractivity contribution < 1.29 is 4.79 Å². The summed E-state index contributed by atoms with van der Waals surface area (Å²) in [6.07, 6.45) is 3.96. The fourth-order valence-electron chi connectivity index (χ4n) is 3.31. The molecule has 6 nitrogen and oxygen atoms in total. The highest BCUT2D eigenvalue weighted by Gasteiger charge is 2.15. The maximum Gasteiger partial charge on any atom is 0.224 e. The van der Waals surface area contributed by atoms with Gasteiger partial charge in [0.25, 0.3) is 0 Å². The summed E-state index contributed by atoms with van der Waals surface area (Å²) in [7, 11) is 0. The van der Waals surface area contributed by atoms with Gasteiger partial charge in [-0.1, -0.05) is 49.4 Å². The van der Waals surface area contributed by atoms with Gasteiger partial charge in [-0.05, 0) is 30.2 Å². The Bertz CT molecular complexity index is 1120. The highest BCUT2D eigenvalue weighted by molar-refractivity contribution is 6.01. The van der Waals surface area contributed by atoms with Crippen molar-refractivity contribution in [3.8, 4) is 11.1 Å². The van der Waals surface area contributed by atoms with Crippen LogP contribution in [0.1, 0.15) is 31.9 Å². The predicted octanol–water partition coefficient (Wildman–Crippen LogP) is 5.15. The van der Waals surface area contributed by atoms with Crippen LogP contribution in [0.5, 0.6) is 0 Å². The Morgan fingerprint density at radius 1 is 1.07 bits per heavy atom. The number of carbonyl (C=O) groups is 1. The third kappa shape index (κ3) is 3.96. The van der Waals surface area contributed by atoms with Gasteiger partial charge in [0, 0.05) is 29.9 Å². The minimum atomic E-state index is -0.000343. The summed E-state index contributed by atoms with van der Waals surface area (Å²) >= 11 is 0. The first-order valence-corrected chi connectivity index (χ1v) is 9.69. The summed E-state index contributed by atoms with van der Waals surface area (Å²) < 4.78 is 0. The molecular formula is C23H23N5O. The number of fused-ring (bicyclic) bond motifs is 1. The van der Waals surface area contributed by atoms with Crippen LogP contribution in [-0.2, 0) is 4.79 Å². The van der Waals surface area contributed by atoms with Gasteiger partial charge in [-0.15, -0.1) is 0 Å². The van der Waals surface area contributed by atoms with E-state index in [1.165, 1.54) is 5.56 Å². The number of nitrogens with zero attached hydrogens (tertiary/aromatic N) is 2. The molecule has 0 aliphatic carbocycles. The number of rotatable bonds is 6. The van der Waals surface area contributed by atoms with Gasteiger partial charge in [0.05, 0.1) is 5.39 Å². The quantitative estimate of drug-likeness (QED) is 0.429. The van der Waals surface area contributed by atoms with E-state index in [0.29, 0.717) is 6.42 Å². The molecule has 0 bridgehead atoms. The number of hydrogen-bond acceptors (Lipinski definition) is 4. The van der Waals surface area contributed by atoms with Gasteiger partial charge in [-0.2, -0.15) is 0 Å². The van der Waals surface area contributed by atoms with Gasteiger partial charge in [0.15, 0.2) is 0 Å². The van der Waals surface area contributed by atoms with Crippen molar-refractivity contribution in [1.82, 2.24) is 15.0 Å².